The van der Waals surface area contributed by atoms with Crippen molar-refractivity contribution in [3.63, 3.8) is 0 Å². The second-order valence-electron chi connectivity index (χ2n) is 2.56. The van der Waals surface area contributed by atoms with Crippen LogP contribution in [0.5, 0.6) is 0 Å². The number of halogens is 1. The van der Waals surface area contributed by atoms with E-state index in [2.05, 4.69) is 4.18 Å². The lowest BCUT2D eigenvalue weighted by atomic mass is 10.2. The highest BCUT2D eigenvalue weighted by Crippen LogP contribution is 2.15. The van der Waals surface area contributed by atoms with E-state index >= 15 is 0 Å². The highest BCUT2D eigenvalue weighted by Gasteiger charge is 2.08. The summed E-state index contributed by atoms with van der Waals surface area (Å²) < 4.78 is 44.6. The molecule has 1 unspecified atom stereocenters. The standard InChI is InChI=1S/C7H7ClO5S2/c8-15(11,12)7-3-1-6(2-4-7)5-13-14(9)10/h1-4H,5H2,(H,9,10). The molecule has 0 radical (unpaired) electrons. The monoisotopic (exact) mass is 270 g/mol. The fraction of sp³-hybridized carbons (Fsp3) is 0.143. The van der Waals surface area contributed by atoms with Crippen LogP contribution >= 0.6 is 10.7 Å². The Balaban J connectivity index is 2.77. The van der Waals surface area contributed by atoms with E-state index < -0.39 is 20.4 Å². The summed E-state index contributed by atoms with van der Waals surface area (Å²) >= 11 is -2.33. The van der Waals surface area contributed by atoms with Gasteiger partial charge in [0.1, 0.15) is 0 Å². The molecule has 1 atom stereocenters. The van der Waals surface area contributed by atoms with E-state index in [-0.39, 0.29) is 11.5 Å². The summed E-state index contributed by atoms with van der Waals surface area (Å²) in [6, 6.07) is 5.48. The fourth-order valence-corrected chi connectivity index (χ4v) is 1.87. The lowest BCUT2D eigenvalue weighted by molar-refractivity contribution is 0.297. The third kappa shape index (κ3) is 4.27. The number of rotatable bonds is 4. The van der Waals surface area contributed by atoms with E-state index in [1.807, 2.05) is 0 Å². The van der Waals surface area contributed by atoms with E-state index in [1.54, 1.807) is 0 Å². The van der Waals surface area contributed by atoms with Gasteiger partial charge in [-0.3, -0.25) is 8.74 Å². The van der Waals surface area contributed by atoms with Crippen LogP contribution in [0.3, 0.4) is 0 Å². The molecule has 0 heterocycles. The van der Waals surface area contributed by atoms with Crippen LogP contribution in [0, 0.1) is 0 Å². The summed E-state index contributed by atoms with van der Waals surface area (Å²) in [6.07, 6.45) is 0. The zero-order valence-electron chi connectivity index (χ0n) is 7.29. The minimum absolute atomic E-state index is 0.0296. The van der Waals surface area contributed by atoms with Crippen molar-refractivity contribution in [3.8, 4) is 0 Å². The Labute approximate surface area is 93.9 Å². The molecule has 1 aromatic carbocycles. The van der Waals surface area contributed by atoms with E-state index in [1.165, 1.54) is 24.3 Å². The Hall–Kier alpha value is -0.470. The molecule has 0 bridgehead atoms. The molecule has 0 aromatic heterocycles. The fourth-order valence-electron chi connectivity index (χ4n) is 0.867. The van der Waals surface area contributed by atoms with Crippen molar-refractivity contribution in [2.75, 3.05) is 0 Å². The SMILES string of the molecule is O=S(O)OCc1ccc(S(=O)(=O)Cl)cc1. The van der Waals surface area contributed by atoms with Crippen molar-refractivity contribution in [1.82, 2.24) is 0 Å². The zero-order chi connectivity index (χ0) is 11.5. The molecule has 0 saturated carbocycles. The van der Waals surface area contributed by atoms with Crippen molar-refractivity contribution in [2.45, 2.75) is 11.5 Å². The van der Waals surface area contributed by atoms with Crippen molar-refractivity contribution < 1.29 is 21.4 Å². The predicted molar refractivity (Wildman–Crippen MR) is 55.0 cm³/mol. The van der Waals surface area contributed by atoms with Gasteiger partial charge in [0.2, 0.25) is 0 Å². The summed E-state index contributed by atoms with van der Waals surface area (Å²) in [5.41, 5.74) is 0.571. The third-order valence-corrected chi connectivity index (χ3v) is 3.22. The minimum atomic E-state index is -3.73. The molecule has 0 amide bonds. The van der Waals surface area contributed by atoms with Gasteiger partial charge in [0.15, 0.2) is 0 Å². The van der Waals surface area contributed by atoms with Crippen molar-refractivity contribution in [2.24, 2.45) is 0 Å². The van der Waals surface area contributed by atoms with Crippen molar-refractivity contribution in [3.05, 3.63) is 29.8 Å². The summed E-state index contributed by atoms with van der Waals surface area (Å²) in [7, 11) is 1.36. The maximum atomic E-state index is 10.9. The molecule has 0 fully saturated rings. The first-order chi connectivity index (χ1) is 6.89. The Morgan fingerprint density at radius 2 is 1.87 bits per heavy atom. The molecule has 0 aliphatic heterocycles. The first-order valence-corrected chi connectivity index (χ1v) is 7.01. The van der Waals surface area contributed by atoms with Crippen LogP contribution < -0.4 is 0 Å². The minimum Gasteiger partial charge on any atom is -0.284 e. The van der Waals surface area contributed by atoms with Crippen LogP contribution in [0.1, 0.15) is 5.56 Å². The summed E-state index contributed by atoms with van der Waals surface area (Å²) in [5, 5.41) is 0. The highest BCUT2D eigenvalue weighted by molar-refractivity contribution is 8.13. The van der Waals surface area contributed by atoms with Crippen LogP contribution in [-0.4, -0.2) is 17.2 Å². The maximum absolute atomic E-state index is 10.9. The van der Waals surface area contributed by atoms with Gasteiger partial charge in [0, 0.05) is 10.7 Å². The van der Waals surface area contributed by atoms with Crippen molar-refractivity contribution in [1.29, 1.82) is 0 Å². The van der Waals surface area contributed by atoms with Gasteiger partial charge in [-0.25, -0.2) is 8.42 Å². The van der Waals surface area contributed by atoms with Gasteiger partial charge in [-0.15, -0.1) is 0 Å². The largest absolute Gasteiger partial charge is 0.302 e. The molecule has 5 nitrogen and oxygen atoms in total. The average Bonchev–Trinajstić information content (AvgIpc) is 2.14. The lowest BCUT2D eigenvalue weighted by Gasteiger charge is -2.00. The molecule has 8 heteroatoms. The van der Waals surface area contributed by atoms with Gasteiger partial charge in [-0.2, -0.15) is 4.21 Å². The molecule has 1 rings (SSSR count). The zero-order valence-corrected chi connectivity index (χ0v) is 9.68. The van der Waals surface area contributed by atoms with Crippen molar-refractivity contribution >= 4 is 31.1 Å². The third-order valence-electron chi connectivity index (χ3n) is 1.53. The maximum Gasteiger partial charge on any atom is 0.302 e. The summed E-state index contributed by atoms with van der Waals surface area (Å²) in [6.45, 7) is -0.0777. The quantitative estimate of drug-likeness (QED) is 0.658. The molecule has 1 aromatic rings. The molecule has 0 saturated heterocycles. The Morgan fingerprint density at radius 3 is 2.27 bits per heavy atom. The highest BCUT2D eigenvalue weighted by atomic mass is 35.7. The lowest BCUT2D eigenvalue weighted by Crippen LogP contribution is -1.96. The van der Waals surface area contributed by atoms with Gasteiger partial charge < -0.3 is 0 Å². The first-order valence-electron chi connectivity index (χ1n) is 3.67. The van der Waals surface area contributed by atoms with E-state index in [9.17, 15) is 12.6 Å². The number of hydrogen-bond acceptors (Lipinski definition) is 4. The summed E-state index contributed by atoms with van der Waals surface area (Å²) in [5.74, 6) is 0. The molecular formula is C7H7ClO5S2. The van der Waals surface area contributed by atoms with E-state index in [4.69, 9.17) is 15.2 Å². The van der Waals surface area contributed by atoms with Gasteiger partial charge in [-0.05, 0) is 17.7 Å². The Morgan fingerprint density at radius 1 is 1.33 bits per heavy atom. The van der Waals surface area contributed by atoms with Gasteiger partial charge in [0.05, 0.1) is 11.5 Å². The molecular weight excluding hydrogens is 264 g/mol. The Bertz CT molecular complexity index is 453. The van der Waals surface area contributed by atoms with Gasteiger partial charge >= 0.3 is 11.4 Å². The Kier molecular flexibility index (Phi) is 4.23. The molecule has 84 valence electrons. The van der Waals surface area contributed by atoms with E-state index in [0.717, 1.165) is 0 Å². The smallest absolute Gasteiger partial charge is 0.284 e. The molecule has 1 N–H and O–H groups in total. The molecule has 15 heavy (non-hydrogen) atoms. The van der Waals surface area contributed by atoms with Gasteiger partial charge in [0.25, 0.3) is 9.05 Å². The normalized spacial score (nSPS) is 13.7. The molecule has 0 aliphatic carbocycles. The van der Waals surface area contributed by atoms with Crippen LogP contribution in [0.4, 0.5) is 0 Å². The van der Waals surface area contributed by atoms with Crippen LogP contribution in [0.2, 0.25) is 0 Å². The molecule has 0 aliphatic rings. The predicted octanol–water partition coefficient (Wildman–Crippen LogP) is 1.27. The van der Waals surface area contributed by atoms with Crippen LogP contribution in [-0.2, 0) is 31.2 Å². The topological polar surface area (TPSA) is 80.7 Å². The average molecular weight is 271 g/mol. The summed E-state index contributed by atoms with van der Waals surface area (Å²) in [4.78, 5) is -0.0296. The second-order valence-corrected chi connectivity index (χ2v) is 5.80. The van der Waals surface area contributed by atoms with E-state index in [0.29, 0.717) is 5.56 Å². The molecule has 0 spiro atoms. The first kappa shape index (κ1) is 12.6. The number of benzene rings is 1. The number of hydrogen-bond donors (Lipinski definition) is 1. The van der Waals surface area contributed by atoms with Gasteiger partial charge in [-0.1, -0.05) is 12.1 Å². The van der Waals surface area contributed by atoms with Crippen LogP contribution in [0.15, 0.2) is 29.2 Å². The second kappa shape index (κ2) is 5.04. The van der Waals surface area contributed by atoms with Crippen LogP contribution in [0.25, 0.3) is 0 Å².